The van der Waals surface area contributed by atoms with Crippen molar-refractivity contribution in [2.24, 2.45) is 0 Å². The van der Waals surface area contributed by atoms with Crippen LogP contribution < -0.4 is 11.4 Å². The summed E-state index contributed by atoms with van der Waals surface area (Å²) in [6, 6.07) is 0. The summed E-state index contributed by atoms with van der Waals surface area (Å²) in [6.45, 7) is -2.76. The van der Waals surface area contributed by atoms with E-state index >= 15 is 0 Å². The predicted molar refractivity (Wildman–Crippen MR) is 78.8 cm³/mol. The molecule has 0 spiro atoms. The molecule has 1 aliphatic heterocycles. The van der Waals surface area contributed by atoms with Crippen LogP contribution in [0.3, 0.4) is 0 Å². The van der Waals surface area contributed by atoms with Crippen LogP contribution >= 0.6 is 0 Å². The number of nitrogens with two attached hydrogens (primary N) is 1. The maximum absolute atomic E-state index is 12.8. The summed E-state index contributed by atoms with van der Waals surface area (Å²) in [5, 5.41) is 19.7. The van der Waals surface area contributed by atoms with Crippen LogP contribution in [0, 0.1) is 0 Å². The molecule has 13 heteroatoms. The Kier molecular flexibility index (Phi) is 4.62. The zero-order chi connectivity index (χ0) is 19.2. The average Bonchev–Trinajstić information content (AvgIpc) is 3.04. The Labute approximate surface area is 142 Å². The molecule has 4 N–H and O–H groups in total. The number of aliphatic hydroxyl groups excluding tert-OH is 2. The number of anilines is 1. The first-order valence-corrected chi connectivity index (χ1v) is 7.50. The molecule has 1 saturated heterocycles. The smallest absolute Gasteiger partial charge is 0.388 e. The van der Waals surface area contributed by atoms with Gasteiger partial charge in [0, 0.05) is 6.42 Å². The Morgan fingerprint density at radius 1 is 1.46 bits per heavy atom. The van der Waals surface area contributed by atoms with Crippen molar-refractivity contribution in [3.63, 3.8) is 0 Å². The Morgan fingerprint density at radius 3 is 2.77 bits per heavy atom. The van der Waals surface area contributed by atoms with E-state index in [1.807, 2.05) is 0 Å². The van der Waals surface area contributed by atoms with Gasteiger partial charge in [-0.1, -0.05) is 0 Å². The second kappa shape index (κ2) is 6.48. The SMILES string of the molecule is Nc1ncc2c(n1)n([C@@H]1O[C@H]([C@@H](O)CF)C[C@H]1O)c(=O)n2CC(F)(F)F. The first-order valence-electron chi connectivity index (χ1n) is 7.50. The van der Waals surface area contributed by atoms with Gasteiger partial charge >= 0.3 is 11.9 Å². The lowest BCUT2D eigenvalue weighted by atomic mass is 10.1. The summed E-state index contributed by atoms with van der Waals surface area (Å²) in [5.41, 5.74) is 3.76. The topological polar surface area (TPSA) is 128 Å². The predicted octanol–water partition coefficient (Wildman–Crippen LogP) is -0.284. The maximum Gasteiger partial charge on any atom is 0.406 e. The second-order valence-corrected chi connectivity index (χ2v) is 5.88. The van der Waals surface area contributed by atoms with Gasteiger partial charge in [0.25, 0.3) is 0 Å². The van der Waals surface area contributed by atoms with Crippen molar-refractivity contribution in [3.05, 3.63) is 16.7 Å². The van der Waals surface area contributed by atoms with Crippen LogP contribution in [0.2, 0.25) is 0 Å². The molecule has 2 aromatic heterocycles. The molecule has 0 unspecified atom stereocenters. The zero-order valence-corrected chi connectivity index (χ0v) is 13.1. The molecule has 144 valence electrons. The molecular formula is C13H15F4N5O4. The van der Waals surface area contributed by atoms with Gasteiger partial charge < -0.3 is 20.7 Å². The summed E-state index contributed by atoms with van der Waals surface area (Å²) in [4.78, 5) is 19.9. The minimum absolute atomic E-state index is 0.214. The van der Waals surface area contributed by atoms with Crippen LogP contribution in [-0.4, -0.2) is 60.5 Å². The first kappa shape index (κ1) is 18.5. The van der Waals surface area contributed by atoms with E-state index in [-0.39, 0.29) is 23.5 Å². The zero-order valence-electron chi connectivity index (χ0n) is 13.1. The molecule has 0 aliphatic carbocycles. The van der Waals surface area contributed by atoms with E-state index in [2.05, 4.69) is 9.97 Å². The monoisotopic (exact) mass is 381 g/mol. The molecule has 0 saturated carbocycles. The van der Waals surface area contributed by atoms with E-state index in [0.29, 0.717) is 9.13 Å². The van der Waals surface area contributed by atoms with Crippen molar-refractivity contribution >= 4 is 17.1 Å². The Bertz CT molecular complexity index is 867. The summed E-state index contributed by atoms with van der Waals surface area (Å²) in [6.07, 6.45) is -9.47. The van der Waals surface area contributed by atoms with Crippen LogP contribution in [0.15, 0.2) is 11.0 Å². The van der Waals surface area contributed by atoms with Crippen molar-refractivity contribution in [2.45, 2.75) is 43.7 Å². The second-order valence-electron chi connectivity index (χ2n) is 5.88. The lowest BCUT2D eigenvalue weighted by molar-refractivity contribution is -0.140. The molecule has 0 amide bonds. The van der Waals surface area contributed by atoms with E-state index in [9.17, 15) is 32.6 Å². The number of aliphatic hydroxyl groups is 2. The maximum atomic E-state index is 12.8. The van der Waals surface area contributed by atoms with Gasteiger partial charge in [-0.2, -0.15) is 18.2 Å². The molecule has 9 nitrogen and oxygen atoms in total. The molecule has 3 heterocycles. The fraction of sp³-hybridized carbons (Fsp3) is 0.615. The van der Waals surface area contributed by atoms with Gasteiger partial charge in [0.15, 0.2) is 11.9 Å². The van der Waals surface area contributed by atoms with Crippen LogP contribution in [0.25, 0.3) is 11.2 Å². The van der Waals surface area contributed by atoms with Gasteiger partial charge in [-0.25, -0.2) is 18.7 Å². The van der Waals surface area contributed by atoms with Gasteiger partial charge in [0.2, 0.25) is 5.95 Å². The number of ether oxygens (including phenoxy) is 1. The molecule has 1 fully saturated rings. The highest BCUT2D eigenvalue weighted by Crippen LogP contribution is 2.32. The summed E-state index contributed by atoms with van der Waals surface area (Å²) in [5.74, 6) is -0.303. The van der Waals surface area contributed by atoms with Crippen molar-refractivity contribution in [3.8, 4) is 0 Å². The van der Waals surface area contributed by atoms with E-state index in [4.69, 9.17) is 10.5 Å². The number of nitrogen functional groups attached to an aromatic ring is 1. The summed E-state index contributed by atoms with van der Waals surface area (Å²) in [7, 11) is 0. The number of fused-ring (bicyclic) bond motifs is 1. The molecule has 26 heavy (non-hydrogen) atoms. The van der Waals surface area contributed by atoms with Crippen LogP contribution in [-0.2, 0) is 11.3 Å². The number of hydrogen-bond donors (Lipinski definition) is 3. The van der Waals surface area contributed by atoms with Crippen LogP contribution in [0.5, 0.6) is 0 Å². The Hall–Kier alpha value is -2.25. The highest BCUT2D eigenvalue weighted by atomic mass is 19.4. The highest BCUT2D eigenvalue weighted by Gasteiger charge is 2.41. The normalized spacial score (nSPS) is 25.1. The van der Waals surface area contributed by atoms with Crippen LogP contribution in [0.4, 0.5) is 23.5 Å². The van der Waals surface area contributed by atoms with Gasteiger partial charge in [-0.05, 0) is 0 Å². The van der Waals surface area contributed by atoms with Crippen molar-refractivity contribution in [2.75, 3.05) is 12.4 Å². The van der Waals surface area contributed by atoms with Crippen molar-refractivity contribution in [1.29, 1.82) is 0 Å². The largest absolute Gasteiger partial charge is 0.406 e. The number of nitrogens with zero attached hydrogens (tertiary/aromatic N) is 4. The van der Waals surface area contributed by atoms with Crippen molar-refractivity contribution in [1.82, 2.24) is 19.1 Å². The van der Waals surface area contributed by atoms with Crippen LogP contribution in [0.1, 0.15) is 12.6 Å². The average molecular weight is 381 g/mol. The molecule has 0 radical (unpaired) electrons. The van der Waals surface area contributed by atoms with Gasteiger partial charge in [0.05, 0.1) is 12.3 Å². The molecule has 0 bridgehead atoms. The van der Waals surface area contributed by atoms with E-state index in [1.165, 1.54) is 0 Å². The lowest BCUT2D eigenvalue weighted by Gasteiger charge is -2.17. The lowest BCUT2D eigenvalue weighted by Crippen LogP contribution is -2.34. The Balaban J connectivity index is 2.13. The number of aromatic nitrogens is 4. The highest BCUT2D eigenvalue weighted by molar-refractivity contribution is 5.72. The van der Waals surface area contributed by atoms with E-state index < -0.39 is 49.6 Å². The van der Waals surface area contributed by atoms with Gasteiger partial charge in [0.1, 0.15) is 30.9 Å². The Morgan fingerprint density at radius 2 is 2.15 bits per heavy atom. The molecule has 4 atom stereocenters. The minimum atomic E-state index is -4.70. The third-order valence-corrected chi connectivity index (χ3v) is 4.02. The molecule has 2 aromatic rings. The standard InChI is InChI=1S/C13H15F4N5O4/c14-2-7(24)8-1-6(23)10(26-8)22-9-5(3-19-11(18)20-9)21(12(22)25)4-13(15,16)17/h3,6-8,10,23-24H,1-2,4H2,(H2,18,19,20)/t6-,7+,8+,10-/m1/s1. The third kappa shape index (κ3) is 3.24. The number of imidazole rings is 1. The molecule has 3 rings (SSSR count). The first-order chi connectivity index (χ1) is 12.1. The summed E-state index contributed by atoms with van der Waals surface area (Å²) < 4.78 is 57.5. The number of hydrogen-bond acceptors (Lipinski definition) is 7. The fourth-order valence-corrected chi connectivity index (χ4v) is 2.89. The number of rotatable bonds is 4. The number of alkyl halides is 4. The fourth-order valence-electron chi connectivity index (χ4n) is 2.89. The third-order valence-electron chi connectivity index (χ3n) is 4.02. The summed E-state index contributed by atoms with van der Waals surface area (Å²) >= 11 is 0. The molecular weight excluding hydrogens is 366 g/mol. The number of halogens is 4. The van der Waals surface area contributed by atoms with Crippen molar-refractivity contribution < 1.29 is 32.5 Å². The van der Waals surface area contributed by atoms with Gasteiger partial charge in [-0.3, -0.25) is 4.57 Å². The quantitative estimate of drug-likeness (QED) is 0.621. The van der Waals surface area contributed by atoms with Gasteiger partial charge in [-0.15, -0.1) is 0 Å². The van der Waals surface area contributed by atoms with E-state index in [0.717, 1.165) is 6.20 Å². The molecule has 1 aliphatic rings. The van der Waals surface area contributed by atoms with E-state index in [1.54, 1.807) is 0 Å². The molecule has 0 aromatic carbocycles. The minimum Gasteiger partial charge on any atom is -0.388 e.